The Morgan fingerprint density at radius 2 is 2.05 bits per heavy atom. The Balaban J connectivity index is 2.58. The quantitative estimate of drug-likeness (QED) is 0.498. The van der Waals surface area contributed by atoms with E-state index >= 15 is 0 Å². The Bertz CT molecular complexity index is 634. The van der Waals surface area contributed by atoms with Crippen LogP contribution in [0.2, 0.25) is 0 Å². The minimum absolute atomic E-state index is 0.211. The molecule has 0 saturated heterocycles. The summed E-state index contributed by atoms with van der Waals surface area (Å²) in [6.07, 6.45) is -3.11. The van der Waals surface area contributed by atoms with E-state index in [-0.39, 0.29) is 5.56 Å². The van der Waals surface area contributed by atoms with Gasteiger partial charge in [0.25, 0.3) is 0 Å². The number of hydrazine groups is 1. The van der Waals surface area contributed by atoms with E-state index in [2.05, 4.69) is 26.5 Å². The van der Waals surface area contributed by atoms with Crippen LogP contribution in [0.15, 0.2) is 28.9 Å². The van der Waals surface area contributed by atoms with E-state index < -0.39 is 23.6 Å². The zero-order valence-corrected chi connectivity index (χ0v) is 12.3. The summed E-state index contributed by atoms with van der Waals surface area (Å²) in [7, 11) is 1.58. The SMILES string of the molecule is Cn1ncc(Br)c1C(NN)c1cc(C(F)(F)F)ccc1F. The molecule has 21 heavy (non-hydrogen) atoms. The van der Waals surface area contributed by atoms with Crippen LogP contribution in [0.25, 0.3) is 0 Å². The largest absolute Gasteiger partial charge is 0.416 e. The number of halogens is 5. The van der Waals surface area contributed by atoms with Gasteiger partial charge in [-0.1, -0.05) is 0 Å². The molecule has 0 spiro atoms. The molecular formula is C12H11BrF4N4. The highest BCUT2D eigenvalue weighted by atomic mass is 79.9. The smallest absolute Gasteiger partial charge is 0.271 e. The monoisotopic (exact) mass is 366 g/mol. The molecule has 3 N–H and O–H groups in total. The molecule has 2 aromatic rings. The highest BCUT2D eigenvalue weighted by molar-refractivity contribution is 9.10. The molecule has 0 bridgehead atoms. The van der Waals surface area contributed by atoms with E-state index in [0.717, 1.165) is 12.1 Å². The van der Waals surface area contributed by atoms with Crippen molar-refractivity contribution in [2.45, 2.75) is 12.2 Å². The first-order chi connectivity index (χ1) is 9.75. The fourth-order valence-corrected chi connectivity index (χ4v) is 2.58. The number of alkyl halides is 3. The van der Waals surface area contributed by atoms with Gasteiger partial charge in [-0.05, 0) is 34.1 Å². The minimum Gasteiger partial charge on any atom is -0.271 e. The first-order valence-electron chi connectivity index (χ1n) is 5.76. The van der Waals surface area contributed by atoms with Crippen LogP contribution in [0.1, 0.15) is 22.9 Å². The van der Waals surface area contributed by atoms with Crippen LogP contribution in [-0.4, -0.2) is 9.78 Å². The van der Waals surface area contributed by atoms with Crippen molar-refractivity contribution in [1.29, 1.82) is 0 Å². The maximum atomic E-state index is 13.9. The van der Waals surface area contributed by atoms with Crippen molar-refractivity contribution in [2.75, 3.05) is 0 Å². The van der Waals surface area contributed by atoms with E-state index in [4.69, 9.17) is 5.84 Å². The third-order valence-corrected chi connectivity index (χ3v) is 3.62. The van der Waals surface area contributed by atoms with Crippen molar-refractivity contribution in [1.82, 2.24) is 15.2 Å². The molecule has 4 nitrogen and oxygen atoms in total. The number of nitrogens with two attached hydrogens (primary N) is 1. The number of hydrogen-bond donors (Lipinski definition) is 2. The fraction of sp³-hybridized carbons (Fsp3) is 0.250. The highest BCUT2D eigenvalue weighted by Crippen LogP contribution is 2.34. The van der Waals surface area contributed by atoms with Gasteiger partial charge in [0, 0.05) is 12.6 Å². The summed E-state index contributed by atoms with van der Waals surface area (Å²) in [5, 5.41) is 3.94. The summed E-state index contributed by atoms with van der Waals surface area (Å²) in [6, 6.07) is 1.21. The molecule has 1 unspecified atom stereocenters. The summed E-state index contributed by atoms with van der Waals surface area (Å²) in [6.45, 7) is 0. The van der Waals surface area contributed by atoms with Gasteiger partial charge in [0.1, 0.15) is 5.82 Å². The molecule has 114 valence electrons. The van der Waals surface area contributed by atoms with Crippen molar-refractivity contribution in [3.05, 3.63) is 51.5 Å². The lowest BCUT2D eigenvalue weighted by Gasteiger charge is -2.19. The molecule has 0 aliphatic carbocycles. The standard InChI is InChI=1S/C12H11BrF4N4/c1-21-11(8(13)5-19-21)10(20-18)7-4-6(12(15,16)17)2-3-9(7)14/h2-5,10,20H,18H2,1H3. The average Bonchev–Trinajstić information content (AvgIpc) is 2.72. The molecule has 1 aromatic heterocycles. The van der Waals surface area contributed by atoms with Crippen LogP contribution in [0.5, 0.6) is 0 Å². The zero-order chi connectivity index (χ0) is 15.8. The van der Waals surface area contributed by atoms with Crippen molar-refractivity contribution in [3.8, 4) is 0 Å². The van der Waals surface area contributed by atoms with Crippen molar-refractivity contribution < 1.29 is 17.6 Å². The van der Waals surface area contributed by atoms with Gasteiger partial charge in [0.2, 0.25) is 0 Å². The van der Waals surface area contributed by atoms with Gasteiger partial charge in [0.15, 0.2) is 0 Å². The fourth-order valence-electron chi connectivity index (χ4n) is 2.00. The van der Waals surface area contributed by atoms with Crippen LogP contribution < -0.4 is 11.3 Å². The number of rotatable bonds is 3. The summed E-state index contributed by atoms with van der Waals surface area (Å²) in [4.78, 5) is 0. The molecule has 0 aliphatic heterocycles. The van der Waals surface area contributed by atoms with Gasteiger partial charge in [-0.2, -0.15) is 18.3 Å². The molecule has 1 heterocycles. The van der Waals surface area contributed by atoms with Gasteiger partial charge in [-0.25, -0.2) is 9.82 Å². The number of hydrogen-bond acceptors (Lipinski definition) is 3. The molecule has 1 aromatic carbocycles. The Hall–Kier alpha value is -1.45. The van der Waals surface area contributed by atoms with E-state index in [1.807, 2.05) is 0 Å². The summed E-state index contributed by atoms with van der Waals surface area (Å²) < 4.78 is 54.1. The lowest BCUT2D eigenvalue weighted by Crippen LogP contribution is -2.31. The summed E-state index contributed by atoms with van der Waals surface area (Å²) in [5.41, 5.74) is 1.58. The first-order valence-corrected chi connectivity index (χ1v) is 6.55. The molecule has 1 atom stereocenters. The van der Waals surface area contributed by atoms with E-state index in [1.165, 1.54) is 10.9 Å². The Morgan fingerprint density at radius 1 is 1.38 bits per heavy atom. The van der Waals surface area contributed by atoms with Crippen molar-refractivity contribution in [2.24, 2.45) is 12.9 Å². The van der Waals surface area contributed by atoms with E-state index in [1.54, 1.807) is 7.05 Å². The second-order valence-electron chi connectivity index (χ2n) is 4.34. The Kier molecular flexibility index (Phi) is 4.35. The average molecular weight is 367 g/mol. The van der Waals surface area contributed by atoms with Crippen LogP contribution in [0, 0.1) is 5.82 Å². The van der Waals surface area contributed by atoms with Crippen LogP contribution in [0.3, 0.4) is 0 Å². The highest BCUT2D eigenvalue weighted by Gasteiger charge is 2.33. The maximum Gasteiger partial charge on any atom is 0.416 e. The topological polar surface area (TPSA) is 55.9 Å². The third-order valence-electron chi connectivity index (χ3n) is 3.01. The van der Waals surface area contributed by atoms with Crippen LogP contribution in [-0.2, 0) is 13.2 Å². The van der Waals surface area contributed by atoms with Gasteiger partial charge >= 0.3 is 6.18 Å². The summed E-state index contributed by atoms with van der Waals surface area (Å²) in [5.74, 6) is 4.61. The number of benzene rings is 1. The van der Waals surface area contributed by atoms with Crippen LogP contribution >= 0.6 is 15.9 Å². The number of aromatic nitrogens is 2. The molecular weight excluding hydrogens is 356 g/mol. The van der Waals surface area contributed by atoms with E-state index in [9.17, 15) is 17.6 Å². The zero-order valence-electron chi connectivity index (χ0n) is 10.7. The normalized spacial score (nSPS) is 13.5. The van der Waals surface area contributed by atoms with Gasteiger partial charge in [-0.15, -0.1) is 0 Å². The molecule has 2 rings (SSSR count). The number of nitrogens with one attached hydrogen (secondary N) is 1. The molecule has 0 radical (unpaired) electrons. The Morgan fingerprint density at radius 3 is 2.52 bits per heavy atom. The molecule has 9 heteroatoms. The maximum absolute atomic E-state index is 13.9. The molecule has 0 amide bonds. The minimum atomic E-state index is -4.56. The Labute approximate surface area is 126 Å². The predicted molar refractivity (Wildman–Crippen MR) is 71.5 cm³/mol. The molecule has 0 aliphatic rings. The first kappa shape index (κ1) is 15.9. The van der Waals surface area contributed by atoms with E-state index in [0.29, 0.717) is 16.2 Å². The predicted octanol–water partition coefficient (Wildman–Crippen LogP) is 2.89. The second kappa shape index (κ2) is 5.74. The van der Waals surface area contributed by atoms with Crippen molar-refractivity contribution >= 4 is 15.9 Å². The number of nitrogens with zero attached hydrogens (tertiary/aromatic N) is 2. The summed E-state index contributed by atoms with van der Waals surface area (Å²) >= 11 is 3.21. The lowest BCUT2D eigenvalue weighted by molar-refractivity contribution is -0.137. The van der Waals surface area contributed by atoms with Crippen LogP contribution in [0.4, 0.5) is 17.6 Å². The second-order valence-corrected chi connectivity index (χ2v) is 5.19. The van der Waals surface area contributed by atoms with Gasteiger partial charge in [0.05, 0.1) is 28.0 Å². The number of aryl methyl sites for hydroxylation is 1. The lowest BCUT2D eigenvalue weighted by atomic mass is 10.0. The van der Waals surface area contributed by atoms with Crippen molar-refractivity contribution in [3.63, 3.8) is 0 Å². The molecule has 0 fully saturated rings. The molecule has 0 saturated carbocycles. The third kappa shape index (κ3) is 3.09. The van der Waals surface area contributed by atoms with Gasteiger partial charge < -0.3 is 0 Å². The van der Waals surface area contributed by atoms with Gasteiger partial charge in [-0.3, -0.25) is 10.5 Å².